The first-order valence-electron chi connectivity index (χ1n) is 7.89. The molecular formula is C14H28N4O3S. The van der Waals surface area contributed by atoms with Crippen molar-refractivity contribution in [3.63, 3.8) is 0 Å². The normalized spacial score (nSPS) is 26.4. The van der Waals surface area contributed by atoms with Crippen LogP contribution in [0.3, 0.4) is 0 Å². The zero-order chi connectivity index (χ0) is 16.2. The molecule has 7 nitrogen and oxygen atoms in total. The maximum atomic E-state index is 11.8. The summed E-state index contributed by atoms with van der Waals surface area (Å²) in [6, 6.07) is -0.0786. The molecule has 0 aromatic heterocycles. The van der Waals surface area contributed by atoms with Crippen LogP contribution >= 0.6 is 0 Å². The summed E-state index contributed by atoms with van der Waals surface area (Å²) in [5.74, 6) is 0.829. The molecule has 2 aliphatic rings. The second-order valence-corrected chi connectivity index (χ2v) is 8.41. The van der Waals surface area contributed by atoms with Crippen LogP contribution in [0.1, 0.15) is 26.7 Å². The van der Waals surface area contributed by atoms with Crippen LogP contribution in [0.25, 0.3) is 0 Å². The van der Waals surface area contributed by atoms with E-state index in [1.807, 2.05) is 13.8 Å². The molecule has 0 aromatic carbocycles. The summed E-state index contributed by atoms with van der Waals surface area (Å²) in [6.07, 6.45) is 2.22. The molecule has 0 saturated carbocycles. The lowest BCUT2D eigenvalue weighted by atomic mass is 9.87. The molecule has 0 radical (unpaired) electrons. The van der Waals surface area contributed by atoms with E-state index in [-0.39, 0.29) is 17.2 Å². The van der Waals surface area contributed by atoms with E-state index >= 15 is 0 Å². The van der Waals surface area contributed by atoms with E-state index in [4.69, 9.17) is 4.74 Å². The van der Waals surface area contributed by atoms with E-state index < -0.39 is 10.0 Å². The first-order valence-corrected chi connectivity index (χ1v) is 9.54. The number of aliphatic imine (C=N–C) groups is 1. The van der Waals surface area contributed by atoms with E-state index in [2.05, 4.69) is 19.9 Å². The Hall–Kier alpha value is -0.860. The second-order valence-electron chi connectivity index (χ2n) is 6.54. The zero-order valence-corrected chi connectivity index (χ0v) is 14.6. The number of ether oxygens (including phenoxy) is 1. The number of sulfonamides is 1. The standard InChI is InChI=1S/C14H28N4O3S/c1-12(2)17-22(19,20)9-6-16-13(15-3)18-7-4-14(10-18)5-8-21-11-14/h12,17H,4-11H2,1-3H3,(H,15,16). The number of hydrogen-bond donors (Lipinski definition) is 2. The highest BCUT2D eigenvalue weighted by atomic mass is 32.2. The van der Waals surface area contributed by atoms with Gasteiger partial charge in [0.15, 0.2) is 5.96 Å². The van der Waals surface area contributed by atoms with Gasteiger partial charge < -0.3 is 15.0 Å². The predicted molar refractivity (Wildman–Crippen MR) is 87.5 cm³/mol. The third-order valence-electron chi connectivity index (χ3n) is 4.20. The summed E-state index contributed by atoms with van der Waals surface area (Å²) in [7, 11) is -1.50. The molecule has 1 spiro atoms. The van der Waals surface area contributed by atoms with Crippen molar-refractivity contribution >= 4 is 16.0 Å². The number of nitrogens with one attached hydrogen (secondary N) is 2. The van der Waals surface area contributed by atoms with E-state index in [1.54, 1.807) is 7.05 Å². The van der Waals surface area contributed by atoms with Gasteiger partial charge in [0.2, 0.25) is 10.0 Å². The smallest absolute Gasteiger partial charge is 0.213 e. The molecule has 2 saturated heterocycles. The number of hydrogen-bond acceptors (Lipinski definition) is 4. The van der Waals surface area contributed by atoms with Gasteiger partial charge in [-0.2, -0.15) is 0 Å². The summed E-state index contributed by atoms with van der Waals surface area (Å²) in [6.45, 7) is 7.54. The topological polar surface area (TPSA) is 83.0 Å². The quantitative estimate of drug-likeness (QED) is 0.547. The highest BCUT2D eigenvalue weighted by Crippen LogP contribution is 2.38. The van der Waals surface area contributed by atoms with Crippen molar-refractivity contribution in [1.82, 2.24) is 14.9 Å². The third-order valence-corrected chi connectivity index (χ3v) is 5.78. The van der Waals surface area contributed by atoms with Gasteiger partial charge in [-0.05, 0) is 26.7 Å². The Bertz CT molecular complexity index is 498. The Kier molecular flexibility index (Phi) is 5.68. The molecule has 0 aliphatic carbocycles. The number of likely N-dealkylation sites (tertiary alicyclic amines) is 1. The Morgan fingerprint density at radius 3 is 2.77 bits per heavy atom. The number of nitrogens with zero attached hydrogens (tertiary/aromatic N) is 2. The average molecular weight is 332 g/mol. The average Bonchev–Trinajstić information content (AvgIpc) is 3.04. The monoisotopic (exact) mass is 332 g/mol. The summed E-state index contributed by atoms with van der Waals surface area (Å²) >= 11 is 0. The Labute approximate surface area is 133 Å². The van der Waals surface area contributed by atoms with Crippen LogP contribution in [0.5, 0.6) is 0 Å². The molecule has 2 heterocycles. The summed E-state index contributed by atoms with van der Waals surface area (Å²) in [5.41, 5.74) is 0.267. The maximum absolute atomic E-state index is 11.8. The first kappa shape index (κ1) is 17.5. The van der Waals surface area contributed by atoms with Gasteiger partial charge in [-0.25, -0.2) is 13.1 Å². The van der Waals surface area contributed by atoms with Crippen molar-refractivity contribution in [2.45, 2.75) is 32.7 Å². The fraction of sp³-hybridized carbons (Fsp3) is 0.929. The molecule has 2 fully saturated rings. The lowest BCUT2D eigenvalue weighted by Gasteiger charge is -2.25. The highest BCUT2D eigenvalue weighted by Gasteiger charge is 2.42. The summed E-state index contributed by atoms with van der Waals surface area (Å²) < 4.78 is 31.7. The van der Waals surface area contributed by atoms with Crippen LogP contribution in [-0.4, -0.2) is 71.0 Å². The minimum atomic E-state index is -3.24. The van der Waals surface area contributed by atoms with Gasteiger partial charge in [0.25, 0.3) is 0 Å². The molecule has 0 bridgehead atoms. The first-order chi connectivity index (χ1) is 10.4. The minimum absolute atomic E-state index is 0.0479. The zero-order valence-electron chi connectivity index (χ0n) is 13.8. The lowest BCUT2D eigenvalue weighted by Crippen LogP contribution is -2.44. The number of rotatable bonds is 5. The predicted octanol–water partition coefficient (Wildman–Crippen LogP) is 0.00200. The maximum Gasteiger partial charge on any atom is 0.213 e. The van der Waals surface area contributed by atoms with Crippen molar-refractivity contribution in [3.8, 4) is 0 Å². The van der Waals surface area contributed by atoms with Crippen LogP contribution in [0.15, 0.2) is 4.99 Å². The van der Waals surface area contributed by atoms with Crippen LogP contribution in [0.2, 0.25) is 0 Å². The Balaban J connectivity index is 1.81. The lowest BCUT2D eigenvalue weighted by molar-refractivity contribution is 0.156. The van der Waals surface area contributed by atoms with E-state index in [1.165, 1.54) is 0 Å². The van der Waals surface area contributed by atoms with Gasteiger partial charge >= 0.3 is 0 Å². The molecule has 2 N–H and O–H groups in total. The van der Waals surface area contributed by atoms with Gasteiger partial charge in [0.05, 0.1) is 12.4 Å². The third kappa shape index (κ3) is 4.57. The van der Waals surface area contributed by atoms with Crippen LogP contribution in [0, 0.1) is 5.41 Å². The molecule has 1 atom stereocenters. The summed E-state index contributed by atoms with van der Waals surface area (Å²) in [4.78, 5) is 6.49. The fourth-order valence-electron chi connectivity index (χ4n) is 3.13. The Morgan fingerprint density at radius 1 is 1.41 bits per heavy atom. The highest BCUT2D eigenvalue weighted by molar-refractivity contribution is 7.89. The van der Waals surface area contributed by atoms with E-state index in [9.17, 15) is 8.42 Å². The molecule has 22 heavy (non-hydrogen) atoms. The molecule has 128 valence electrons. The molecule has 2 rings (SSSR count). The number of guanidine groups is 1. The Morgan fingerprint density at radius 2 is 2.18 bits per heavy atom. The van der Waals surface area contributed by atoms with Crippen molar-refractivity contribution in [1.29, 1.82) is 0 Å². The second kappa shape index (κ2) is 7.14. The molecule has 0 amide bonds. The van der Waals surface area contributed by atoms with Crippen LogP contribution in [0.4, 0.5) is 0 Å². The van der Waals surface area contributed by atoms with Crippen molar-refractivity contribution in [2.24, 2.45) is 10.4 Å². The molecule has 2 aliphatic heterocycles. The van der Waals surface area contributed by atoms with E-state index in [0.717, 1.165) is 45.1 Å². The van der Waals surface area contributed by atoms with Crippen molar-refractivity contribution in [3.05, 3.63) is 0 Å². The van der Waals surface area contributed by atoms with Gasteiger partial charge in [-0.3, -0.25) is 4.99 Å². The van der Waals surface area contributed by atoms with Gasteiger partial charge in [0.1, 0.15) is 0 Å². The summed E-state index contributed by atoms with van der Waals surface area (Å²) in [5, 5.41) is 3.16. The van der Waals surface area contributed by atoms with Gasteiger partial charge in [0, 0.05) is 44.7 Å². The van der Waals surface area contributed by atoms with Crippen LogP contribution in [-0.2, 0) is 14.8 Å². The van der Waals surface area contributed by atoms with E-state index in [0.29, 0.717) is 6.54 Å². The fourth-order valence-corrected chi connectivity index (χ4v) is 4.34. The van der Waals surface area contributed by atoms with Gasteiger partial charge in [-0.15, -0.1) is 0 Å². The van der Waals surface area contributed by atoms with Crippen molar-refractivity contribution < 1.29 is 13.2 Å². The molecule has 1 unspecified atom stereocenters. The van der Waals surface area contributed by atoms with Crippen molar-refractivity contribution in [2.75, 3.05) is 45.6 Å². The van der Waals surface area contributed by atoms with Crippen LogP contribution < -0.4 is 10.0 Å². The molecule has 0 aromatic rings. The largest absolute Gasteiger partial charge is 0.381 e. The minimum Gasteiger partial charge on any atom is -0.381 e. The van der Waals surface area contributed by atoms with Gasteiger partial charge in [-0.1, -0.05) is 0 Å². The SMILES string of the molecule is CN=C(NCCS(=O)(=O)NC(C)C)N1CCC2(CCOC2)C1. The molecule has 8 heteroatoms. The molecular weight excluding hydrogens is 304 g/mol.